The number of hydrogen-bond acceptors (Lipinski definition) is 3. The van der Waals surface area contributed by atoms with Gasteiger partial charge in [-0.2, -0.15) is 0 Å². The summed E-state index contributed by atoms with van der Waals surface area (Å²) in [5.74, 6) is -0.758. The number of carbonyl (C=O) groups is 3. The Hall–Kier alpha value is -1.79. The molecule has 3 rings (SSSR count). The molecule has 2 atom stereocenters. The van der Waals surface area contributed by atoms with Crippen LogP contribution in [0.5, 0.6) is 0 Å². The summed E-state index contributed by atoms with van der Waals surface area (Å²) in [5.41, 5.74) is -0.489. The molecule has 1 aliphatic heterocycles. The van der Waals surface area contributed by atoms with E-state index in [4.69, 9.17) is 23.2 Å². The van der Waals surface area contributed by atoms with E-state index in [9.17, 15) is 14.4 Å². The highest BCUT2D eigenvalue weighted by Gasteiger charge is 2.55. The van der Waals surface area contributed by atoms with Crippen molar-refractivity contribution in [3.05, 3.63) is 28.2 Å². The lowest BCUT2D eigenvalue weighted by Crippen LogP contribution is -2.54. The summed E-state index contributed by atoms with van der Waals surface area (Å²) < 4.78 is 0. The lowest BCUT2D eigenvalue weighted by molar-refractivity contribution is -0.136. The SMILES string of the molecule is C[C@H]1CCCC[C@]12NC(=O)N(CC(=O)Nc1ccc(Cl)cc1Cl)C2=O. The highest BCUT2D eigenvalue weighted by Crippen LogP contribution is 2.38. The molecular formula is C17H19Cl2N3O3. The maximum absolute atomic E-state index is 12.8. The van der Waals surface area contributed by atoms with E-state index in [1.807, 2.05) is 6.92 Å². The molecular weight excluding hydrogens is 365 g/mol. The smallest absolute Gasteiger partial charge is 0.323 e. The van der Waals surface area contributed by atoms with Crippen LogP contribution in [-0.2, 0) is 9.59 Å². The number of rotatable bonds is 3. The average Bonchev–Trinajstić information content (AvgIpc) is 2.78. The minimum atomic E-state index is -0.868. The summed E-state index contributed by atoms with van der Waals surface area (Å²) in [6.07, 6.45) is 3.42. The van der Waals surface area contributed by atoms with Crippen LogP contribution in [0.4, 0.5) is 10.5 Å². The fourth-order valence-corrected chi connectivity index (χ4v) is 4.02. The monoisotopic (exact) mass is 383 g/mol. The molecule has 2 fully saturated rings. The van der Waals surface area contributed by atoms with Crippen molar-refractivity contribution >= 4 is 46.7 Å². The zero-order valence-electron chi connectivity index (χ0n) is 13.8. The van der Waals surface area contributed by atoms with Gasteiger partial charge in [0.25, 0.3) is 5.91 Å². The summed E-state index contributed by atoms with van der Waals surface area (Å²) >= 11 is 11.8. The molecule has 1 spiro atoms. The van der Waals surface area contributed by atoms with Crippen molar-refractivity contribution in [1.29, 1.82) is 0 Å². The van der Waals surface area contributed by atoms with E-state index in [0.29, 0.717) is 17.1 Å². The Morgan fingerprint density at radius 1 is 1.36 bits per heavy atom. The van der Waals surface area contributed by atoms with Gasteiger partial charge in [0, 0.05) is 5.02 Å². The van der Waals surface area contributed by atoms with E-state index >= 15 is 0 Å². The summed E-state index contributed by atoms with van der Waals surface area (Å²) in [7, 11) is 0. The Bertz CT molecular complexity index is 740. The van der Waals surface area contributed by atoms with Gasteiger partial charge in [-0.05, 0) is 37.0 Å². The predicted molar refractivity (Wildman–Crippen MR) is 95.7 cm³/mol. The molecule has 0 unspecified atom stereocenters. The van der Waals surface area contributed by atoms with Gasteiger partial charge in [0.05, 0.1) is 10.7 Å². The van der Waals surface area contributed by atoms with Crippen LogP contribution in [0.15, 0.2) is 18.2 Å². The minimum absolute atomic E-state index is 0.0523. The second-order valence-electron chi connectivity index (χ2n) is 6.61. The third-order valence-corrected chi connectivity index (χ3v) is 5.56. The van der Waals surface area contributed by atoms with Crippen LogP contribution in [0.3, 0.4) is 0 Å². The van der Waals surface area contributed by atoms with Crippen LogP contribution in [0.2, 0.25) is 10.0 Å². The van der Waals surface area contributed by atoms with Gasteiger partial charge in [0.1, 0.15) is 12.1 Å². The quantitative estimate of drug-likeness (QED) is 0.784. The van der Waals surface area contributed by atoms with Gasteiger partial charge in [-0.3, -0.25) is 14.5 Å². The Balaban J connectivity index is 1.71. The second-order valence-corrected chi connectivity index (χ2v) is 7.46. The average molecular weight is 384 g/mol. The Morgan fingerprint density at radius 2 is 2.12 bits per heavy atom. The van der Waals surface area contributed by atoms with Crippen molar-refractivity contribution in [2.75, 3.05) is 11.9 Å². The number of amides is 4. The van der Waals surface area contributed by atoms with Crippen molar-refractivity contribution in [3.8, 4) is 0 Å². The number of carbonyl (C=O) groups excluding carboxylic acids is 3. The van der Waals surface area contributed by atoms with Crippen LogP contribution in [0.1, 0.15) is 32.6 Å². The molecule has 2 aliphatic rings. The fraction of sp³-hybridized carbons (Fsp3) is 0.471. The molecule has 134 valence electrons. The molecule has 6 nitrogen and oxygen atoms in total. The van der Waals surface area contributed by atoms with Crippen LogP contribution in [0, 0.1) is 5.92 Å². The minimum Gasteiger partial charge on any atom is -0.323 e. The number of imide groups is 1. The van der Waals surface area contributed by atoms with Gasteiger partial charge in [-0.25, -0.2) is 4.79 Å². The van der Waals surface area contributed by atoms with Gasteiger partial charge < -0.3 is 10.6 Å². The van der Waals surface area contributed by atoms with Crippen LogP contribution in [-0.4, -0.2) is 34.8 Å². The normalized spacial score (nSPS) is 26.0. The van der Waals surface area contributed by atoms with Crippen LogP contribution in [0.25, 0.3) is 0 Å². The molecule has 0 radical (unpaired) electrons. The van der Waals surface area contributed by atoms with Gasteiger partial charge in [0.2, 0.25) is 5.91 Å². The fourth-order valence-electron chi connectivity index (χ4n) is 3.56. The first-order chi connectivity index (χ1) is 11.8. The molecule has 1 aromatic carbocycles. The maximum atomic E-state index is 12.8. The maximum Gasteiger partial charge on any atom is 0.325 e. The predicted octanol–water partition coefficient (Wildman–Crippen LogP) is 3.43. The molecule has 1 aromatic rings. The molecule has 1 aliphatic carbocycles. The third kappa shape index (κ3) is 3.33. The van der Waals surface area contributed by atoms with Crippen molar-refractivity contribution < 1.29 is 14.4 Å². The first-order valence-corrected chi connectivity index (χ1v) is 8.98. The van der Waals surface area contributed by atoms with E-state index in [-0.39, 0.29) is 23.4 Å². The highest BCUT2D eigenvalue weighted by molar-refractivity contribution is 6.36. The summed E-state index contributed by atoms with van der Waals surface area (Å²) in [5, 5.41) is 6.16. The van der Waals surface area contributed by atoms with E-state index in [1.54, 1.807) is 12.1 Å². The number of nitrogens with one attached hydrogen (secondary N) is 2. The zero-order chi connectivity index (χ0) is 18.2. The first-order valence-electron chi connectivity index (χ1n) is 8.22. The van der Waals surface area contributed by atoms with Crippen molar-refractivity contribution in [1.82, 2.24) is 10.2 Å². The molecule has 1 saturated carbocycles. The van der Waals surface area contributed by atoms with E-state index < -0.39 is 17.5 Å². The van der Waals surface area contributed by atoms with Crippen LogP contribution < -0.4 is 10.6 Å². The van der Waals surface area contributed by atoms with E-state index in [2.05, 4.69) is 10.6 Å². The number of urea groups is 1. The van der Waals surface area contributed by atoms with Gasteiger partial charge in [0.15, 0.2) is 0 Å². The molecule has 4 amide bonds. The lowest BCUT2D eigenvalue weighted by Gasteiger charge is -2.36. The van der Waals surface area contributed by atoms with Crippen LogP contribution >= 0.6 is 23.2 Å². The number of anilines is 1. The van der Waals surface area contributed by atoms with Crippen molar-refractivity contribution in [2.24, 2.45) is 5.92 Å². The third-order valence-electron chi connectivity index (χ3n) is 5.01. The largest absolute Gasteiger partial charge is 0.325 e. The number of nitrogens with zero attached hydrogens (tertiary/aromatic N) is 1. The second kappa shape index (κ2) is 6.84. The molecule has 8 heteroatoms. The Morgan fingerprint density at radius 3 is 2.80 bits per heavy atom. The summed E-state index contributed by atoms with van der Waals surface area (Å²) in [4.78, 5) is 38.4. The molecule has 1 heterocycles. The Labute approximate surface area is 155 Å². The molecule has 25 heavy (non-hydrogen) atoms. The number of hydrogen-bond donors (Lipinski definition) is 2. The van der Waals surface area contributed by atoms with Gasteiger partial charge >= 0.3 is 6.03 Å². The number of halogens is 2. The van der Waals surface area contributed by atoms with Gasteiger partial charge in [-0.15, -0.1) is 0 Å². The lowest BCUT2D eigenvalue weighted by atomic mass is 9.73. The Kier molecular flexibility index (Phi) is 4.93. The highest BCUT2D eigenvalue weighted by atomic mass is 35.5. The summed E-state index contributed by atoms with van der Waals surface area (Å²) in [6, 6.07) is 4.15. The summed E-state index contributed by atoms with van der Waals surface area (Å²) in [6.45, 7) is 1.62. The van der Waals surface area contributed by atoms with E-state index in [0.717, 1.165) is 24.2 Å². The zero-order valence-corrected chi connectivity index (χ0v) is 15.3. The molecule has 0 bridgehead atoms. The van der Waals surface area contributed by atoms with Crippen molar-refractivity contribution in [3.63, 3.8) is 0 Å². The topological polar surface area (TPSA) is 78.5 Å². The van der Waals surface area contributed by atoms with Gasteiger partial charge in [-0.1, -0.05) is 43.0 Å². The molecule has 0 aromatic heterocycles. The number of benzene rings is 1. The van der Waals surface area contributed by atoms with E-state index in [1.165, 1.54) is 6.07 Å². The van der Waals surface area contributed by atoms with Crippen molar-refractivity contribution in [2.45, 2.75) is 38.1 Å². The molecule has 1 saturated heterocycles. The molecule has 2 N–H and O–H groups in total. The first kappa shape index (κ1) is 18.0. The standard InChI is InChI=1S/C17H19Cl2N3O3/c1-10-4-2-3-7-17(10)15(24)22(16(25)21-17)9-14(23)20-13-6-5-11(18)8-12(13)19/h5-6,8,10H,2-4,7,9H2,1H3,(H,20,23)(H,21,25)/t10-,17-/m0/s1.